The molecule has 3 nitrogen and oxygen atoms in total. The van der Waals surface area contributed by atoms with Crippen LogP contribution in [0.15, 0.2) is 23.3 Å². The van der Waals surface area contributed by atoms with Crippen molar-refractivity contribution >= 4 is 5.97 Å². The van der Waals surface area contributed by atoms with Gasteiger partial charge in [0.1, 0.15) is 0 Å². The van der Waals surface area contributed by atoms with Gasteiger partial charge in [-0.25, -0.2) is 4.79 Å². The summed E-state index contributed by atoms with van der Waals surface area (Å²) in [6.07, 6.45) is 3.01. The summed E-state index contributed by atoms with van der Waals surface area (Å²) in [5.41, 5.74) is 1.40. The highest BCUT2D eigenvalue weighted by molar-refractivity contribution is 5.89. The van der Waals surface area contributed by atoms with Crippen LogP contribution in [0, 0.1) is 5.92 Å². The van der Waals surface area contributed by atoms with Crippen LogP contribution in [0.1, 0.15) is 27.7 Å². The molecule has 15 heavy (non-hydrogen) atoms. The van der Waals surface area contributed by atoms with Crippen molar-refractivity contribution in [2.45, 2.75) is 33.8 Å². The maximum absolute atomic E-state index is 11.4. The number of rotatable bonds is 4. The molecule has 0 saturated heterocycles. The topological polar surface area (TPSA) is 46.5 Å². The Hall–Kier alpha value is -1.09. The van der Waals surface area contributed by atoms with Crippen molar-refractivity contribution in [3.63, 3.8) is 0 Å². The van der Waals surface area contributed by atoms with E-state index in [9.17, 15) is 9.90 Å². The Morgan fingerprint density at radius 1 is 1.27 bits per heavy atom. The molecule has 0 fully saturated rings. The first kappa shape index (κ1) is 13.9. The minimum atomic E-state index is -0.551. The lowest BCUT2D eigenvalue weighted by Gasteiger charge is -2.19. The fraction of sp³-hybridized carbons (Fsp3) is 0.583. The molecule has 0 saturated carbocycles. The highest BCUT2D eigenvalue weighted by atomic mass is 16.5. The second kappa shape index (κ2) is 6.40. The molecule has 0 aliphatic carbocycles. The predicted octanol–water partition coefficient (Wildman–Crippen LogP) is 2.07. The Kier molecular flexibility index (Phi) is 5.94. The Morgan fingerprint density at radius 3 is 2.07 bits per heavy atom. The van der Waals surface area contributed by atoms with Gasteiger partial charge in [0.15, 0.2) is 0 Å². The Labute approximate surface area is 91.4 Å². The molecule has 0 aromatic heterocycles. The van der Waals surface area contributed by atoms with Crippen LogP contribution in [-0.2, 0) is 9.53 Å². The number of aliphatic hydroxyl groups is 1. The lowest BCUT2D eigenvalue weighted by atomic mass is 9.89. The van der Waals surface area contributed by atoms with Crippen LogP contribution in [0.4, 0.5) is 0 Å². The summed E-state index contributed by atoms with van der Waals surface area (Å²) in [7, 11) is 1.36. The molecule has 2 atom stereocenters. The third-order valence-electron chi connectivity index (χ3n) is 2.51. The first-order chi connectivity index (χ1) is 6.99. The maximum atomic E-state index is 11.4. The van der Waals surface area contributed by atoms with E-state index in [0.29, 0.717) is 5.57 Å². The van der Waals surface area contributed by atoms with E-state index in [1.807, 2.05) is 19.9 Å². The van der Waals surface area contributed by atoms with Gasteiger partial charge in [0.05, 0.1) is 13.2 Å². The van der Waals surface area contributed by atoms with Crippen LogP contribution in [0.2, 0.25) is 0 Å². The minimum absolute atomic E-state index is 0.118. The Bertz CT molecular complexity index is 275. The average molecular weight is 212 g/mol. The van der Waals surface area contributed by atoms with Crippen molar-refractivity contribution in [3.05, 3.63) is 23.3 Å². The van der Waals surface area contributed by atoms with Crippen LogP contribution in [0.5, 0.6) is 0 Å². The SMILES string of the molecule is C/C=C(/C(=O)OC)[C@@H](C)/C(=C\C)[C@H](C)O. The quantitative estimate of drug-likeness (QED) is 0.441. The Morgan fingerprint density at radius 2 is 1.80 bits per heavy atom. The largest absolute Gasteiger partial charge is 0.466 e. The smallest absolute Gasteiger partial charge is 0.333 e. The summed E-state index contributed by atoms with van der Waals surface area (Å²) in [5.74, 6) is -0.461. The predicted molar refractivity (Wildman–Crippen MR) is 60.4 cm³/mol. The molecule has 0 unspecified atom stereocenters. The Balaban J connectivity index is 4.97. The summed E-state index contributed by atoms with van der Waals surface area (Å²) in [5, 5.41) is 9.53. The van der Waals surface area contributed by atoms with Gasteiger partial charge in [0, 0.05) is 11.5 Å². The van der Waals surface area contributed by atoms with Crippen LogP contribution in [0.25, 0.3) is 0 Å². The molecule has 0 spiro atoms. The highest BCUT2D eigenvalue weighted by Gasteiger charge is 2.22. The minimum Gasteiger partial charge on any atom is -0.466 e. The van der Waals surface area contributed by atoms with Crippen molar-refractivity contribution < 1.29 is 14.6 Å². The first-order valence-electron chi connectivity index (χ1n) is 5.08. The summed E-state index contributed by atoms with van der Waals surface area (Å²) in [6.45, 7) is 7.21. The molecule has 0 radical (unpaired) electrons. The zero-order valence-electron chi connectivity index (χ0n) is 10.1. The third-order valence-corrected chi connectivity index (χ3v) is 2.51. The number of hydrogen-bond acceptors (Lipinski definition) is 3. The molecule has 3 heteroatoms. The van der Waals surface area contributed by atoms with Gasteiger partial charge in [-0.1, -0.05) is 19.1 Å². The van der Waals surface area contributed by atoms with Gasteiger partial charge in [-0.2, -0.15) is 0 Å². The number of ether oxygens (including phenoxy) is 1. The van der Waals surface area contributed by atoms with Crippen LogP contribution in [-0.4, -0.2) is 24.3 Å². The van der Waals surface area contributed by atoms with E-state index in [2.05, 4.69) is 4.74 Å². The monoisotopic (exact) mass is 212 g/mol. The van der Waals surface area contributed by atoms with Gasteiger partial charge >= 0.3 is 5.97 Å². The number of methoxy groups -OCH3 is 1. The van der Waals surface area contributed by atoms with E-state index in [1.165, 1.54) is 7.11 Å². The third kappa shape index (κ3) is 3.51. The molecule has 0 bridgehead atoms. The van der Waals surface area contributed by atoms with E-state index < -0.39 is 6.10 Å². The zero-order valence-corrected chi connectivity index (χ0v) is 10.1. The fourth-order valence-electron chi connectivity index (χ4n) is 1.70. The van der Waals surface area contributed by atoms with E-state index in [0.717, 1.165) is 5.57 Å². The molecule has 1 N–H and O–H groups in total. The molecule has 86 valence electrons. The van der Waals surface area contributed by atoms with E-state index in [1.54, 1.807) is 19.9 Å². The maximum Gasteiger partial charge on any atom is 0.333 e. The van der Waals surface area contributed by atoms with Gasteiger partial charge in [-0.15, -0.1) is 0 Å². The normalized spacial score (nSPS) is 17.2. The molecule has 0 rings (SSSR count). The van der Waals surface area contributed by atoms with Gasteiger partial charge in [-0.05, 0) is 26.3 Å². The summed E-state index contributed by atoms with van der Waals surface area (Å²) < 4.78 is 4.68. The molecule has 0 aliphatic heterocycles. The zero-order chi connectivity index (χ0) is 12.0. The number of aliphatic hydroxyl groups excluding tert-OH is 1. The van der Waals surface area contributed by atoms with Crippen LogP contribution >= 0.6 is 0 Å². The average Bonchev–Trinajstić information content (AvgIpc) is 2.19. The fourth-order valence-corrected chi connectivity index (χ4v) is 1.70. The second-order valence-electron chi connectivity index (χ2n) is 3.42. The molecular weight excluding hydrogens is 192 g/mol. The molecule has 0 heterocycles. The van der Waals surface area contributed by atoms with Crippen molar-refractivity contribution in [2.24, 2.45) is 5.92 Å². The first-order valence-corrected chi connectivity index (χ1v) is 5.08. The van der Waals surface area contributed by atoms with Crippen LogP contribution < -0.4 is 0 Å². The second-order valence-corrected chi connectivity index (χ2v) is 3.42. The van der Waals surface area contributed by atoms with Crippen molar-refractivity contribution in [2.75, 3.05) is 7.11 Å². The summed E-state index contributed by atoms with van der Waals surface area (Å²) >= 11 is 0. The molecule has 0 aromatic rings. The lowest BCUT2D eigenvalue weighted by molar-refractivity contribution is -0.136. The number of esters is 1. The molecule has 0 aliphatic rings. The number of carbonyl (C=O) groups excluding carboxylic acids is 1. The molecule has 0 aromatic carbocycles. The summed E-state index contributed by atoms with van der Waals surface area (Å²) in [4.78, 5) is 11.4. The van der Waals surface area contributed by atoms with Gasteiger partial charge < -0.3 is 9.84 Å². The summed E-state index contributed by atoms with van der Waals surface area (Å²) in [6, 6.07) is 0. The van der Waals surface area contributed by atoms with E-state index in [4.69, 9.17) is 0 Å². The van der Waals surface area contributed by atoms with Crippen molar-refractivity contribution in [1.29, 1.82) is 0 Å². The van der Waals surface area contributed by atoms with E-state index in [-0.39, 0.29) is 11.9 Å². The highest BCUT2D eigenvalue weighted by Crippen LogP contribution is 2.23. The number of hydrogen-bond donors (Lipinski definition) is 1. The van der Waals surface area contributed by atoms with Gasteiger partial charge in [-0.3, -0.25) is 0 Å². The molecular formula is C12H20O3. The van der Waals surface area contributed by atoms with Gasteiger partial charge in [0.25, 0.3) is 0 Å². The van der Waals surface area contributed by atoms with Crippen molar-refractivity contribution in [1.82, 2.24) is 0 Å². The number of allylic oxidation sites excluding steroid dienone is 2. The molecule has 0 amide bonds. The van der Waals surface area contributed by atoms with Gasteiger partial charge in [0.2, 0.25) is 0 Å². The van der Waals surface area contributed by atoms with Crippen LogP contribution in [0.3, 0.4) is 0 Å². The standard InChI is InChI=1S/C12H20O3/c1-6-10(9(4)13)8(3)11(7-2)12(14)15-5/h6-9,13H,1-5H3/b10-6+,11-7+/t8-,9-/m0/s1. The van der Waals surface area contributed by atoms with Crippen molar-refractivity contribution in [3.8, 4) is 0 Å². The number of carbonyl (C=O) groups is 1. The lowest BCUT2D eigenvalue weighted by Crippen LogP contribution is -2.19. The van der Waals surface area contributed by atoms with E-state index >= 15 is 0 Å².